The van der Waals surface area contributed by atoms with Crippen molar-refractivity contribution in [3.8, 4) is 0 Å². The molecule has 4 heteroatoms. The topological polar surface area (TPSA) is 49.4 Å². The van der Waals surface area contributed by atoms with E-state index in [1.807, 2.05) is 38.1 Å². The van der Waals surface area contributed by atoms with Crippen LogP contribution in [0.2, 0.25) is 0 Å². The SMILES string of the molecule is CCCc1ccc(C2(C)NC(=O)N(CC(C)C)C2=O)cc1. The molecule has 1 atom stereocenters. The average molecular weight is 288 g/mol. The smallest absolute Gasteiger partial charge is 0.319 e. The molecule has 3 amide bonds. The summed E-state index contributed by atoms with van der Waals surface area (Å²) in [7, 11) is 0. The predicted octanol–water partition coefficient (Wildman–Crippen LogP) is 3.06. The summed E-state index contributed by atoms with van der Waals surface area (Å²) in [6.45, 7) is 8.36. The summed E-state index contributed by atoms with van der Waals surface area (Å²) in [5.41, 5.74) is 1.14. The lowest BCUT2D eigenvalue weighted by Crippen LogP contribution is -2.41. The van der Waals surface area contributed by atoms with Crippen molar-refractivity contribution in [3.63, 3.8) is 0 Å². The zero-order chi connectivity index (χ0) is 15.6. The van der Waals surface area contributed by atoms with Crippen LogP contribution in [0.25, 0.3) is 0 Å². The Morgan fingerprint density at radius 3 is 2.33 bits per heavy atom. The van der Waals surface area contributed by atoms with Gasteiger partial charge in [0.15, 0.2) is 0 Å². The van der Waals surface area contributed by atoms with Crippen molar-refractivity contribution in [2.24, 2.45) is 5.92 Å². The van der Waals surface area contributed by atoms with Gasteiger partial charge in [-0.3, -0.25) is 9.69 Å². The quantitative estimate of drug-likeness (QED) is 0.847. The van der Waals surface area contributed by atoms with Crippen LogP contribution in [0, 0.1) is 5.92 Å². The van der Waals surface area contributed by atoms with Gasteiger partial charge in [-0.05, 0) is 30.4 Å². The predicted molar refractivity (Wildman–Crippen MR) is 82.9 cm³/mol. The van der Waals surface area contributed by atoms with Crippen LogP contribution in [0.1, 0.15) is 45.2 Å². The minimum Gasteiger partial charge on any atom is -0.319 e. The van der Waals surface area contributed by atoms with Crippen LogP contribution in [0.5, 0.6) is 0 Å². The fourth-order valence-corrected chi connectivity index (χ4v) is 2.72. The molecule has 4 nitrogen and oxygen atoms in total. The Bertz CT molecular complexity index is 536. The van der Waals surface area contributed by atoms with E-state index in [-0.39, 0.29) is 17.9 Å². The van der Waals surface area contributed by atoms with Gasteiger partial charge in [0, 0.05) is 6.54 Å². The van der Waals surface area contributed by atoms with Crippen LogP contribution >= 0.6 is 0 Å². The van der Waals surface area contributed by atoms with Gasteiger partial charge in [-0.1, -0.05) is 51.5 Å². The molecule has 1 heterocycles. The van der Waals surface area contributed by atoms with Gasteiger partial charge in [-0.2, -0.15) is 0 Å². The van der Waals surface area contributed by atoms with Gasteiger partial charge in [0.05, 0.1) is 0 Å². The number of rotatable bonds is 5. The molecular weight excluding hydrogens is 264 g/mol. The van der Waals surface area contributed by atoms with Gasteiger partial charge >= 0.3 is 6.03 Å². The Labute approximate surface area is 126 Å². The molecule has 0 saturated carbocycles. The van der Waals surface area contributed by atoms with E-state index in [1.54, 1.807) is 6.92 Å². The second-order valence-electron chi connectivity index (χ2n) is 6.31. The highest BCUT2D eigenvalue weighted by Gasteiger charge is 2.48. The van der Waals surface area contributed by atoms with E-state index < -0.39 is 5.54 Å². The number of carbonyl (C=O) groups excluding carboxylic acids is 2. The standard InChI is InChI=1S/C17H24N2O2/c1-5-6-13-7-9-14(10-8-13)17(4)15(20)19(11-12(2)3)16(21)18-17/h7-10,12H,5-6,11H2,1-4H3,(H,18,21). The van der Waals surface area contributed by atoms with Gasteiger partial charge in [0.25, 0.3) is 5.91 Å². The highest BCUT2D eigenvalue weighted by Crippen LogP contribution is 2.29. The highest BCUT2D eigenvalue weighted by atomic mass is 16.2. The first-order valence-corrected chi connectivity index (χ1v) is 7.62. The van der Waals surface area contributed by atoms with Crippen molar-refractivity contribution < 1.29 is 9.59 Å². The van der Waals surface area contributed by atoms with E-state index in [0.717, 1.165) is 18.4 Å². The molecule has 0 bridgehead atoms. The first kappa shape index (κ1) is 15.5. The summed E-state index contributed by atoms with van der Waals surface area (Å²) < 4.78 is 0. The van der Waals surface area contributed by atoms with Crippen LogP contribution < -0.4 is 5.32 Å². The van der Waals surface area contributed by atoms with Crippen molar-refractivity contribution in [2.45, 2.75) is 46.1 Å². The van der Waals surface area contributed by atoms with Crippen molar-refractivity contribution >= 4 is 11.9 Å². The normalized spacial score (nSPS) is 22.0. The van der Waals surface area contributed by atoms with E-state index in [0.29, 0.717) is 6.54 Å². The van der Waals surface area contributed by atoms with Crippen LogP contribution in [0.4, 0.5) is 4.79 Å². The molecule has 1 N–H and O–H groups in total. The number of benzene rings is 1. The second kappa shape index (κ2) is 5.88. The summed E-state index contributed by atoms with van der Waals surface area (Å²) in [5, 5.41) is 2.84. The summed E-state index contributed by atoms with van der Waals surface area (Å²) in [6, 6.07) is 7.67. The maximum Gasteiger partial charge on any atom is 0.325 e. The van der Waals surface area contributed by atoms with Gasteiger partial charge in [0.2, 0.25) is 0 Å². The fraction of sp³-hybridized carbons (Fsp3) is 0.529. The van der Waals surface area contributed by atoms with Crippen LogP contribution in [-0.2, 0) is 16.8 Å². The van der Waals surface area contributed by atoms with Gasteiger partial charge in [0.1, 0.15) is 5.54 Å². The first-order valence-electron chi connectivity index (χ1n) is 7.62. The number of urea groups is 1. The number of hydrogen-bond acceptors (Lipinski definition) is 2. The zero-order valence-corrected chi connectivity index (χ0v) is 13.3. The van der Waals surface area contributed by atoms with E-state index in [9.17, 15) is 9.59 Å². The molecule has 1 aliphatic rings. The highest BCUT2D eigenvalue weighted by molar-refractivity contribution is 6.07. The maximum absolute atomic E-state index is 12.6. The molecule has 1 aromatic carbocycles. The molecule has 1 fully saturated rings. The lowest BCUT2D eigenvalue weighted by Gasteiger charge is -2.23. The third-order valence-corrected chi connectivity index (χ3v) is 3.89. The molecule has 1 aromatic rings. The maximum atomic E-state index is 12.6. The largest absolute Gasteiger partial charge is 0.325 e. The lowest BCUT2D eigenvalue weighted by atomic mass is 9.91. The Morgan fingerprint density at radius 1 is 1.19 bits per heavy atom. The molecule has 0 aromatic heterocycles. The molecule has 1 saturated heterocycles. The van der Waals surface area contributed by atoms with Crippen LogP contribution in [0.3, 0.4) is 0 Å². The number of nitrogens with one attached hydrogen (secondary N) is 1. The number of nitrogens with zero attached hydrogens (tertiary/aromatic N) is 1. The minimum absolute atomic E-state index is 0.163. The average Bonchev–Trinajstić information content (AvgIpc) is 2.64. The summed E-state index contributed by atoms with van der Waals surface area (Å²) in [4.78, 5) is 26.0. The van der Waals surface area contributed by atoms with Crippen molar-refractivity contribution in [3.05, 3.63) is 35.4 Å². The fourth-order valence-electron chi connectivity index (χ4n) is 2.72. The zero-order valence-electron chi connectivity index (χ0n) is 13.3. The summed E-state index contributed by atoms with van der Waals surface area (Å²) in [6.07, 6.45) is 2.12. The summed E-state index contributed by atoms with van der Waals surface area (Å²) >= 11 is 0. The molecule has 0 aliphatic carbocycles. The monoisotopic (exact) mass is 288 g/mol. The Kier molecular flexibility index (Phi) is 4.35. The number of aryl methyl sites for hydroxylation is 1. The third kappa shape index (κ3) is 2.94. The molecular formula is C17H24N2O2. The lowest BCUT2D eigenvalue weighted by molar-refractivity contribution is -0.131. The number of amides is 3. The van der Waals surface area contributed by atoms with E-state index >= 15 is 0 Å². The third-order valence-electron chi connectivity index (χ3n) is 3.89. The van der Waals surface area contributed by atoms with E-state index in [4.69, 9.17) is 0 Å². The minimum atomic E-state index is -0.948. The molecule has 0 spiro atoms. The van der Waals surface area contributed by atoms with Gasteiger partial charge in [-0.25, -0.2) is 4.79 Å². The van der Waals surface area contributed by atoms with E-state index in [2.05, 4.69) is 12.2 Å². The van der Waals surface area contributed by atoms with E-state index in [1.165, 1.54) is 10.5 Å². The Hall–Kier alpha value is -1.84. The molecule has 114 valence electrons. The molecule has 1 aliphatic heterocycles. The number of carbonyl (C=O) groups is 2. The Balaban J connectivity index is 2.25. The molecule has 1 unspecified atom stereocenters. The van der Waals surface area contributed by atoms with Crippen molar-refractivity contribution in [1.82, 2.24) is 10.2 Å². The number of imide groups is 1. The molecule has 0 radical (unpaired) electrons. The number of hydrogen-bond donors (Lipinski definition) is 1. The molecule has 21 heavy (non-hydrogen) atoms. The van der Waals surface area contributed by atoms with Crippen LogP contribution in [0.15, 0.2) is 24.3 Å². The Morgan fingerprint density at radius 2 is 1.81 bits per heavy atom. The second-order valence-corrected chi connectivity index (χ2v) is 6.31. The van der Waals surface area contributed by atoms with Crippen molar-refractivity contribution in [1.29, 1.82) is 0 Å². The van der Waals surface area contributed by atoms with Crippen molar-refractivity contribution in [2.75, 3.05) is 6.54 Å². The summed E-state index contributed by atoms with van der Waals surface area (Å²) in [5.74, 6) is 0.0958. The van der Waals surface area contributed by atoms with Gasteiger partial charge in [-0.15, -0.1) is 0 Å². The first-order chi connectivity index (χ1) is 9.88. The van der Waals surface area contributed by atoms with Gasteiger partial charge < -0.3 is 5.32 Å². The molecule has 2 rings (SSSR count). The van der Waals surface area contributed by atoms with Crippen LogP contribution in [-0.4, -0.2) is 23.4 Å².